The van der Waals surface area contributed by atoms with Crippen molar-refractivity contribution in [2.45, 2.75) is 12.8 Å². The van der Waals surface area contributed by atoms with Gasteiger partial charge in [0.25, 0.3) is 0 Å². The van der Waals surface area contributed by atoms with Crippen LogP contribution in [-0.4, -0.2) is 23.8 Å². The molecule has 13 heavy (non-hydrogen) atoms. The lowest BCUT2D eigenvalue weighted by Crippen LogP contribution is -2.01. The van der Waals surface area contributed by atoms with Gasteiger partial charge in [-0.3, -0.25) is 0 Å². The minimum atomic E-state index is -0.354. The molecule has 0 aromatic heterocycles. The largest absolute Gasteiger partial charge is 0.457 e. The molecule has 0 aliphatic carbocycles. The molecule has 0 radical (unpaired) electrons. The lowest BCUT2D eigenvalue weighted by atomic mass is 10.3. The molecule has 0 N–H and O–H groups in total. The quantitative estimate of drug-likeness (QED) is 0.476. The molecule has 74 valence electrons. The lowest BCUT2D eigenvalue weighted by molar-refractivity contribution is 0.156. The van der Waals surface area contributed by atoms with Crippen LogP contribution in [-0.2, 0) is 9.47 Å². The standard InChI is InChI=1S/C6H8O4S3/c7-5-9-3-1-2-4-10-6(8)12-13-11-5/h1-4H2. The number of rotatable bonds is 0. The summed E-state index contributed by atoms with van der Waals surface area (Å²) in [4.78, 5) is 21.7. The molecule has 1 heterocycles. The highest BCUT2D eigenvalue weighted by atomic mass is 33.5. The van der Waals surface area contributed by atoms with Gasteiger partial charge in [-0.25, -0.2) is 9.59 Å². The van der Waals surface area contributed by atoms with Crippen LogP contribution in [0.5, 0.6) is 0 Å². The van der Waals surface area contributed by atoms with E-state index in [1.54, 1.807) is 0 Å². The zero-order valence-corrected chi connectivity index (χ0v) is 9.14. The van der Waals surface area contributed by atoms with Gasteiger partial charge in [-0.1, -0.05) is 0 Å². The average molecular weight is 240 g/mol. The summed E-state index contributed by atoms with van der Waals surface area (Å²) >= 11 is 0. The van der Waals surface area contributed by atoms with E-state index >= 15 is 0 Å². The van der Waals surface area contributed by atoms with Crippen molar-refractivity contribution in [3.8, 4) is 0 Å². The predicted octanol–water partition coefficient (Wildman–Crippen LogP) is 3.08. The molecule has 0 aromatic carbocycles. The Kier molecular flexibility index (Phi) is 5.49. The molecule has 1 fully saturated rings. The van der Waals surface area contributed by atoms with Gasteiger partial charge in [0, 0.05) is 21.6 Å². The summed E-state index contributed by atoms with van der Waals surface area (Å²) < 4.78 is 9.66. The summed E-state index contributed by atoms with van der Waals surface area (Å²) in [5, 5.41) is -0.709. The molecule has 1 aliphatic heterocycles. The third-order valence-electron chi connectivity index (χ3n) is 1.18. The number of hydrogen-bond acceptors (Lipinski definition) is 7. The second-order valence-corrected chi connectivity index (χ2v) is 5.91. The first-order chi connectivity index (χ1) is 6.29. The molecule has 1 rings (SSSR count). The van der Waals surface area contributed by atoms with Crippen molar-refractivity contribution >= 4 is 42.0 Å². The highest BCUT2D eigenvalue weighted by molar-refractivity contribution is 9.14. The first-order valence-corrected chi connectivity index (χ1v) is 7.12. The van der Waals surface area contributed by atoms with E-state index in [9.17, 15) is 9.59 Å². The monoisotopic (exact) mass is 240 g/mol. The molecule has 0 amide bonds. The number of hydrogen-bond donors (Lipinski definition) is 0. The summed E-state index contributed by atoms with van der Waals surface area (Å²) in [5.74, 6) is 0. The SMILES string of the molecule is O=C1OCCCCOC(=O)SSS1. The normalized spacial score (nSPS) is 21.2. The Labute approximate surface area is 87.3 Å². The van der Waals surface area contributed by atoms with Crippen molar-refractivity contribution in [2.24, 2.45) is 0 Å². The fourth-order valence-electron chi connectivity index (χ4n) is 0.636. The predicted molar refractivity (Wildman–Crippen MR) is 54.7 cm³/mol. The molecule has 0 bridgehead atoms. The first kappa shape index (κ1) is 11.1. The number of carbonyl (C=O) groups excluding carboxylic acids is 2. The van der Waals surface area contributed by atoms with Crippen molar-refractivity contribution in [3.05, 3.63) is 0 Å². The highest BCUT2D eigenvalue weighted by Gasteiger charge is 2.11. The lowest BCUT2D eigenvalue weighted by Gasteiger charge is -2.00. The van der Waals surface area contributed by atoms with E-state index in [1.165, 1.54) is 0 Å². The van der Waals surface area contributed by atoms with Gasteiger partial charge >= 0.3 is 10.6 Å². The van der Waals surface area contributed by atoms with Crippen molar-refractivity contribution < 1.29 is 19.1 Å². The van der Waals surface area contributed by atoms with E-state index in [0.29, 0.717) is 13.2 Å². The molecular formula is C6H8O4S3. The van der Waals surface area contributed by atoms with Crippen LogP contribution < -0.4 is 0 Å². The molecule has 0 unspecified atom stereocenters. The highest BCUT2D eigenvalue weighted by Crippen LogP contribution is 2.37. The van der Waals surface area contributed by atoms with Crippen LogP contribution in [0.4, 0.5) is 9.59 Å². The van der Waals surface area contributed by atoms with Gasteiger partial charge in [-0.15, -0.1) is 0 Å². The van der Waals surface area contributed by atoms with E-state index < -0.39 is 0 Å². The van der Waals surface area contributed by atoms with Crippen LogP contribution in [0.2, 0.25) is 0 Å². The number of ether oxygens (including phenoxy) is 2. The number of carbonyl (C=O) groups is 2. The minimum Gasteiger partial charge on any atom is -0.457 e. The molecule has 0 aromatic rings. The van der Waals surface area contributed by atoms with Gasteiger partial charge in [-0.2, -0.15) is 0 Å². The van der Waals surface area contributed by atoms with Crippen LogP contribution in [0.25, 0.3) is 0 Å². The van der Waals surface area contributed by atoms with Crippen molar-refractivity contribution in [2.75, 3.05) is 13.2 Å². The molecule has 0 spiro atoms. The van der Waals surface area contributed by atoms with Crippen LogP contribution in [0, 0.1) is 0 Å². The van der Waals surface area contributed by atoms with E-state index in [0.717, 1.165) is 44.3 Å². The van der Waals surface area contributed by atoms with Gasteiger partial charge in [0.05, 0.1) is 13.2 Å². The molecule has 1 aliphatic rings. The topological polar surface area (TPSA) is 52.6 Å². The van der Waals surface area contributed by atoms with Crippen LogP contribution in [0.1, 0.15) is 12.8 Å². The zero-order valence-electron chi connectivity index (χ0n) is 6.69. The van der Waals surface area contributed by atoms with Gasteiger partial charge in [-0.05, 0) is 22.7 Å². The molecule has 4 nitrogen and oxygen atoms in total. The minimum absolute atomic E-state index is 0.354. The second-order valence-electron chi connectivity index (χ2n) is 2.14. The smallest absolute Gasteiger partial charge is 0.378 e. The third kappa shape index (κ3) is 5.33. The maximum absolute atomic E-state index is 10.9. The molecule has 0 atom stereocenters. The Morgan fingerprint density at radius 2 is 1.38 bits per heavy atom. The van der Waals surface area contributed by atoms with Gasteiger partial charge in [0.2, 0.25) is 0 Å². The Bertz CT molecular complexity index is 176. The van der Waals surface area contributed by atoms with E-state index in [-0.39, 0.29) is 10.6 Å². The van der Waals surface area contributed by atoms with Crippen molar-refractivity contribution in [1.82, 2.24) is 0 Å². The first-order valence-electron chi connectivity index (χ1n) is 3.64. The Morgan fingerprint density at radius 1 is 0.923 bits per heavy atom. The summed E-state index contributed by atoms with van der Waals surface area (Å²) in [6.07, 6.45) is 1.46. The van der Waals surface area contributed by atoms with Crippen molar-refractivity contribution in [3.63, 3.8) is 0 Å². The summed E-state index contributed by atoms with van der Waals surface area (Å²) in [5.41, 5.74) is 0. The molecule has 1 saturated heterocycles. The summed E-state index contributed by atoms with van der Waals surface area (Å²) in [6, 6.07) is 0. The van der Waals surface area contributed by atoms with Crippen LogP contribution in [0.3, 0.4) is 0 Å². The van der Waals surface area contributed by atoms with E-state index in [2.05, 4.69) is 0 Å². The fourth-order valence-corrected chi connectivity index (χ4v) is 3.07. The van der Waals surface area contributed by atoms with E-state index in [1.807, 2.05) is 0 Å². The zero-order chi connectivity index (χ0) is 9.52. The maximum atomic E-state index is 10.9. The van der Waals surface area contributed by atoms with Crippen molar-refractivity contribution in [1.29, 1.82) is 0 Å². The van der Waals surface area contributed by atoms with Gasteiger partial charge in [0.15, 0.2) is 0 Å². The molecule has 7 heteroatoms. The van der Waals surface area contributed by atoms with Crippen LogP contribution in [0.15, 0.2) is 0 Å². The third-order valence-corrected chi connectivity index (χ3v) is 4.28. The fraction of sp³-hybridized carbons (Fsp3) is 0.667. The number of cyclic esters (lactones) is 2. The van der Waals surface area contributed by atoms with E-state index in [4.69, 9.17) is 9.47 Å². The second kappa shape index (κ2) is 6.44. The Morgan fingerprint density at radius 3 is 1.85 bits per heavy atom. The average Bonchev–Trinajstić information content (AvgIpc) is 2.13. The van der Waals surface area contributed by atoms with Crippen LogP contribution >= 0.6 is 31.4 Å². The molecule has 0 saturated carbocycles. The summed E-state index contributed by atoms with van der Waals surface area (Å²) in [7, 11) is 2.87. The van der Waals surface area contributed by atoms with Gasteiger partial charge in [0.1, 0.15) is 0 Å². The summed E-state index contributed by atoms with van der Waals surface area (Å²) in [6.45, 7) is 0.795. The Balaban J connectivity index is 2.31. The molecular weight excluding hydrogens is 232 g/mol. The Hall–Kier alpha value is -0.0100. The maximum Gasteiger partial charge on any atom is 0.378 e. The van der Waals surface area contributed by atoms with Gasteiger partial charge < -0.3 is 9.47 Å².